The van der Waals surface area contributed by atoms with E-state index in [1.165, 1.54) is 5.56 Å². The molecule has 2 heteroatoms. The van der Waals surface area contributed by atoms with Crippen LogP contribution in [0, 0.1) is 6.92 Å². The van der Waals surface area contributed by atoms with E-state index < -0.39 is 6.10 Å². The summed E-state index contributed by atoms with van der Waals surface area (Å²) >= 11 is 0. The number of benzene rings is 1. The molecule has 0 radical (unpaired) electrons. The van der Waals surface area contributed by atoms with Crippen molar-refractivity contribution in [1.29, 1.82) is 0 Å². The van der Waals surface area contributed by atoms with Crippen LogP contribution in [0.5, 0.6) is 0 Å². The van der Waals surface area contributed by atoms with E-state index in [1.54, 1.807) is 6.20 Å². The SMILES string of the molecule is CCCc1ccc(C(O)c2cccnc2C)cc1. The highest BCUT2D eigenvalue weighted by atomic mass is 16.3. The Morgan fingerprint density at radius 2 is 1.89 bits per heavy atom. The Hall–Kier alpha value is -1.67. The van der Waals surface area contributed by atoms with Gasteiger partial charge in [0.05, 0.1) is 0 Å². The van der Waals surface area contributed by atoms with Crippen molar-refractivity contribution in [3.8, 4) is 0 Å². The summed E-state index contributed by atoms with van der Waals surface area (Å²) in [6, 6.07) is 12.0. The summed E-state index contributed by atoms with van der Waals surface area (Å²) in [6.07, 6.45) is 3.39. The van der Waals surface area contributed by atoms with Crippen molar-refractivity contribution in [3.05, 3.63) is 65.0 Å². The molecule has 0 spiro atoms. The van der Waals surface area contributed by atoms with Crippen LogP contribution in [0.3, 0.4) is 0 Å². The molecule has 1 unspecified atom stereocenters. The third-order valence-corrected chi connectivity index (χ3v) is 3.18. The van der Waals surface area contributed by atoms with Gasteiger partial charge < -0.3 is 5.11 Å². The van der Waals surface area contributed by atoms with Crippen molar-refractivity contribution < 1.29 is 5.11 Å². The second-order valence-corrected chi connectivity index (χ2v) is 4.57. The molecule has 2 rings (SSSR count). The number of nitrogens with zero attached hydrogens (tertiary/aromatic N) is 1. The first-order valence-corrected chi connectivity index (χ1v) is 6.40. The smallest absolute Gasteiger partial charge is 0.106 e. The van der Waals surface area contributed by atoms with Crippen LogP contribution in [0.1, 0.15) is 41.8 Å². The highest BCUT2D eigenvalue weighted by Gasteiger charge is 2.12. The normalized spacial score (nSPS) is 12.4. The fraction of sp³-hybridized carbons (Fsp3) is 0.312. The Bertz CT molecular complexity index is 505. The molecule has 0 aliphatic rings. The largest absolute Gasteiger partial charge is 0.384 e. The van der Waals surface area contributed by atoms with Crippen LogP contribution in [-0.2, 0) is 6.42 Å². The number of aromatic nitrogens is 1. The van der Waals surface area contributed by atoms with Crippen molar-refractivity contribution in [1.82, 2.24) is 4.98 Å². The van der Waals surface area contributed by atoms with Crippen LogP contribution in [0.25, 0.3) is 0 Å². The van der Waals surface area contributed by atoms with E-state index in [-0.39, 0.29) is 0 Å². The number of aliphatic hydroxyl groups is 1. The second-order valence-electron chi connectivity index (χ2n) is 4.57. The van der Waals surface area contributed by atoms with Gasteiger partial charge in [-0.05, 0) is 30.5 Å². The zero-order chi connectivity index (χ0) is 13.0. The maximum Gasteiger partial charge on any atom is 0.106 e. The predicted octanol–water partition coefficient (Wildman–Crippen LogP) is 3.42. The summed E-state index contributed by atoms with van der Waals surface area (Å²) in [6.45, 7) is 4.09. The van der Waals surface area contributed by atoms with Crippen molar-refractivity contribution in [2.45, 2.75) is 32.8 Å². The van der Waals surface area contributed by atoms with Gasteiger partial charge >= 0.3 is 0 Å². The molecule has 0 amide bonds. The van der Waals surface area contributed by atoms with E-state index in [0.29, 0.717) is 0 Å². The molecule has 1 atom stereocenters. The van der Waals surface area contributed by atoms with Crippen LogP contribution in [0.4, 0.5) is 0 Å². The molecule has 0 saturated carbocycles. The molecule has 1 N–H and O–H groups in total. The Kier molecular flexibility index (Phi) is 4.11. The molecule has 0 saturated heterocycles. The Balaban J connectivity index is 2.23. The minimum absolute atomic E-state index is 0.589. The molecule has 2 nitrogen and oxygen atoms in total. The van der Waals surface area contributed by atoms with Gasteiger partial charge in [-0.3, -0.25) is 4.98 Å². The lowest BCUT2D eigenvalue weighted by atomic mass is 9.98. The van der Waals surface area contributed by atoms with Crippen molar-refractivity contribution in [2.24, 2.45) is 0 Å². The van der Waals surface area contributed by atoms with E-state index in [2.05, 4.69) is 24.0 Å². The van der Waals surface area contributed by atoms with Gasteiger partial charge in [0.15, 0.2) is 0 Å². The van der Waals surface area contributed by atoms with Crippen molar-refractivity contribution in [2.75, 3.05) is 0 Å². The standard InChI is InChI=1S/C16H19NO/c1-3-5-13-7-9-14(10-8-13)16(18)15-6-4-11-17-12(15)2/h4,6-11,16,18H,3,5H2,1-2H3. The maximum atomic E-state index is 10.4. The Labute approximate surface area is 108 Å². The highest BCUT2D eigenvalue weighted by molar-refractivity contribution is 5.33. The quantitative estimate of drug-likeness (QED) is 0.889. The van der Waals surface area contributed by atoms with Gasteiger partial charge in [-0.2, -0.15) is 0 Å². The van der Waals surface area contributed by atoms with Crippen LogP contribution in [0.15, 0.2) is 42.6 Å². The number of pyridine rings is 1. The topological polar surface area (TPSA) is 33.1 Å². The monoisotopic (exact) mass is 241 g/mol. The number of aliphatic hydroxyl groups excluding tert-OH is 1. The minimum atomic E-state index is -0.589. The second kappa shape index (κ2) is 5.78. The lowest BCUT2D eigenvalue weighted by Crippen LogP contribution is -2.03. The lowest BCUT2D eigenvalue weighted by Gasteiger charge is -2.13. The molecule has 0 aliphatic heterocycles. The fourth-order valence-electron chi connectivity index (χ4n) is 2.12. The van der Waals surface area contributed by atoms with Crippen LogP contribution >= 0.6 is 0 Å². The van der Waals surface area contributed by atoms with E-state index in [0.717, 1.165) is 29.7 Å². The molecular weight excluding hydrogens is 222 g/mol. The Morgan fingerprint density at radius 1 is 1.17 bits per heavy atom. The third kappa shape index (κ3) is 2.77. The maximum absolute atomic E-state index is 10.4. The summed E-state index contributed by atoms with van der Waals surface area (Å²) in [5.74, 6) is 0. The van der Waals surface area contributed by atoms with E-state index in [9.17, 15) is 5.11 Å². The van der Waals surface area contributed by atoms with E-state index in [1.807, 2.05) is 31.2 Å². The highest BCUT2D eigenvalue weighted by Crippen LogP contribution is 2.23. The first kappa shape index (κ1) is 12.8. The molecule has 1 heterocycles. The van der Waals surface area contributed by atoms with E-state index >= 15 is 0 Å². The minimum Gasteiger partial charge on any atom is -0.384 e. The van der Waals surface area contributed by atoms with Crippen LogP contribution in [-0.4, -0.2) is 10.1 Å². The van der Waals surface area contributed by atoms with Gasteiger partial charge in [0.25, 0.3) is 0 Å². The number of hydrogen-bond donors (Lipinski definition) is 1. The van der Waals surface area contributed by atoms with Crippen LogP contribution in [0.2, 0.25) is 0 Å². The number of rotatable bonds is 4. The van der Waals surface area contributed by atoms with Crippen LogP contribution < -0.4 is 0 Å². The summed E-state index contributed by atoms with van der Waals surface area (Å²) in [4.78, 5) is 4.21. The summed E-state index contributed by atoms with van der Waals surface area (Å²) in [5, 5.41) is 10.4. The molecule has 0 aliphatic carbocycles. The fourth-order valence-corrected chi connectivity index (χ4v) is 2.12. The molecule has 0 fully saturated rings. The third-order valence-electron chi connectivity index (χ3n) is 3.18. The van der Waals surface area contributed by atoms with Crippen molar-refractivity contribution >= 4 is 0 Å². The van der Waals surface area contributed by atoms with Crippen molar-refractivity contribution in [3.63, 3.8) is 0 Å². The van der Waals surface area contributed by atoms with Gasteiger partial charge in [0.2, 0.25) is 0 Å². The van der Waals surface area contributed by atoms with Gasteiger partial charge in [-0.1, -0.05) is 43.7 Å². The zero-order valence-electron chi connectivity index (χ0n) is 10.9. The molecule has 18 heavy (non-hydrogen) atoms. The number of hydrogen-bond acceptors (Lipinski definition) is 2. The zero-order valence-corrected chi connectivity index (χ0v) is 10.9. The molecule has 2 aromatic rings. The molecular formula is C16H19NO. The van der Waals surface area contributed by atoms with Gasteiger partial charge in [0.1, 0.15) is 6.10 Å². The predicted molar refractivity (Wildman–Crippen MR) is 73.5 cm³/mol. The van der Waals surface area contributed by atoms with Gasteiger partial charge in [-0.15, -0.1) is 0 Å². The molecule has 1 aromatic heterocycles. The average Bonchev–Trinajstić information content (AvgIpc) is 2.40. The molecule has 1 aromatic carbocycles. The Morgan fingerprint density at radius 3 is 2.50 bits per heavy atom. The lowest BCUT2D eigenvalue weighted by molar-refractivity contribution is 0.219. The first-order valence-electron chi connectivity index (χ1n) is 6.40. The van der Waals surface area contributed by atoms with Gasteiger partial charge in [-0.25, -0.2) is 0 Å². The van der Waals surface area contributed by atoms with E-state index in [4.69, 9.17) is 0 Å². The molecule has 0 bridgehead atoms. The summed E-state index contributed by atoms with van der Waals surface area (Å²) in [5.41, 5.74) is 3.99. The average molecular weight is 241 g/mol. The number of aryl methyl sites for hydroxylation is 2. The first-order chi connectivity index (χ1) is 8.72. The summed E-state index contributed by atoms with van der Waals surface area (Å²) < 4.78 is 0. The van der Waals surface area contributed by atoms with Gasteiger partial charge in [0, 0.05) is 17.5 Å². The molecule has 94 valence electrons. The summed E-state index contributed by atoms with van der Waals surface area (Å²) in [7, 11) is 0.